The second-order valence-corrected chi connectivity index (χ2v) is 4.54. The molecule has 0 aromatic carbocycles. The predicted molar refractivity (Wildman–Crippen MR) is 67.1 cm³/mol. The topological polar surface area (TPSA) is 42.7 Å². The minimum atomic E-state index is 0.727. The summed E-state index contributed by atoms with van der Waals surface area (Å²) < 4.78 is 1.92. The smallest absolute Gasteiger partial charge is 0.0724 e. The largest absolute Gasteiger partial charge is 0.386 e. The zero-order valence-corrected chi connectivity index (χ0v) is 9.93. The van der Waals surface area contributed by atoms with Crippen LogP contribution in [0.15, 0.2) is 30.7 Å². The lowest BCUT2D eigenvalue weighted by Crippen LogP contribution is -2.01. The van der Waals surface area contributed by atoms with Crippen molar-refractivity contribution in [1.82, 2.24) is 14.8 Å². The van der Waals surface area contributed by atoms with Gasteiger partial charge in [0.05, 0.1) is 18.4 Å². The lowest BCUT2D eigenvalue weighted by atomic mass is 10.2. The van der Waals surface area contributed by atoms with E-state index < -0.39 is 0 Å². The van der Waals surface area contributed by atoms with Crippen molar-refractivity contribution in [3.05, 3.63) is 42.0 Å². The highest BCUT2D eigenvalue weighted by molar-refractivity contribution is 5.37. The first-order valence-corrected chi connectivity index (χ1v) is 6.00. The summed E-state index contributed by atoms with van der Waals surface area (Å²) in [6.45, 7) is 0.777. The first-order valence-electron chi connectivity index (χ1n) is 6.00. The molecule has 1 N–H and O–H groups in total. The molecule has 1 aliphatic carbocycles. The molecule has 2 heterocycles. The molecule has 0 atom stereocenters. The Balaban J connectivity index is 1.71. The molecule has 88 valence electrons. The Labute approximate surface area is 101 Å². The summed E-state index contributed by atoms with van der Waals surface area (Å²) in [5, 5.41) is 7.35. The van der Waals surface area contributed by atoms with Gasteiger partial charge in [-0.1, -0.05) is 6.07 Å². The van der Waals surface area contributed by atoms with Gasteiger partial charge in [-0.2, -0.15) is 5.10 Å². The van der Waals surface area contributed by atoms with Gasteiger partial charge in [-0.25, -0.2) is 0 Å². The van der Waals surface area contributed by atoms with Crippen LogP contribution in [0, 0.1) is 0 Å². The summed E-state index contributed by atoms with van der Waals surface area (Å²) in [5.74, 6) is 0.727. The van der Waals surface area contributed by atoms with Gasteiger partial charge in [0, 0.05) is 31.1 Å². The van der Waals surface area contributed by atoms with E-state index in [4.69, 9.17) is 0 Å². The van der Waals surface area contributed by atoms with Gasteiger partial charge < -0.3 is 5.32 Å². The van der Waals surface area contributed by atoms with Crippen LogP contribution in [0.5, 0.6) is 0 Å². The Kier molecular flexibility index (Phi) is 2.55. The number of rotatable bonds is 4. The van der Waals surface area contributed by atoms with Crippen molar-refractivity contribution in [1.29, 1.82) is 0 Å². The van der Waals surface area contributed by atoms with E-state index >= 15 is 0 Å². The van der Waals surface area contributed by atoms with Crippen molar-refractivity contribution >= 4 is 5.69 Å². The molecule has 0 aliphatic heterocycles. The van der Waals surface area contributed by atoms with Crippen LogP contribution >= 0.6 is 0 Å². The summed E-state index contributed by atoms with van der Waals surface area (Å²) in [6, 6.07) is 4.30. The summed E-state index contributed by atoms with van der Waals surface area (Å²) in [4.78, 5) is 4.51. The van der Waals surface area contributed by atoms with Crippen LogP contribution in [0.4, 0.5) is 5.69 Å². The van der Waals surface area contributed by atoms with E-state index in [1.165, 1.54) is 24.1 Å². The Morgan fingerprint density at radius 1 is 1.35 bits per heavy atom. The first-order chi connectivity index (χ1) is 8.35. The molecule has 3 rings (SSSR count). The summed E-state index contributed by atoms with van der Waals surface area (Å²) >= 11 is 0. The molecule has 0 unspecified atom stereocenters. The molecular weight excluding hydrogens is 212 g/mol. The maximum Gasteiger partial charge on any atom is 0.0724 e. The van der Waals surface area contributed by atoms with E-state index in [9.17, 15) is 0 Å². The second kappa shape index (κ2) is 4.20. The van der Waals surface area contributed by atoms with Gasteiger partial charge >= 0.3 is 0 Å². The van der Waals surface area contributed by atoms with E-state index in [1.54, 1.807) is 0 Å². The van der Waals surface area contributed by atoms with E-state index in [1.807, 2.05) is 30.3 Å². The molecule has 0 radical (unpaired) electrons. The molecule has 17 heavy (non-hydrogen) atoms. The Hall–Kier alpha value is -1.84. The van der Waals surface area contributed by atoms with Gasteiger partial charge in [0.1, 0.15) is 0 Å². The predicted octanol–water partition coefficient (Wildman–Crippen LogP) is 2.25. The Morgan fingerprint density at radius 2 is 2.24 bits per heavy atom. The molecule has 4 heteroatoms. The highest BCUT2D eigenvalue weighted by Crippen LogP contribution is 2.38. The minimum Gasteiger partial charge on any atom is -0.386 e. The molecule has 0 bridgehead atoms. The molecular formula is C13H16N4. The quantitative estimate of drug-likeness (QED) is 0.872. The van der Waals surface area contributed by atoms with Crippen LogP contribution in [0.25, 0.3) is 0 Å². The van der Waals surface area contributed by atoms with Crippen molar-refractivity contribution in [2.24, 2.45) is 0 Å². The van der Waals surface area contributed by atoms with Gasteiger partial charge in [0.2, 0.25) is 0 Å². The standard InChI is InChI=1S/C13H16N4/c1-14-12-7-16-17(9-12)8-10-2-5-13(15-6-10)11-3-4-11/h2,5-7,9,11,14H,3-4,8H2,1H3. The third kappa shape index (κ3) is 2.30. The van der Waals surface area contributed by atoms with Crippen LogP contribution in [-0.4, -0.2) is 21.8 Å². The fraction of sp³-hybridized carbons (Fsp3) is 0.385. The third-order valence-corrected chi connectivity index (χ3v) is 3.11. The van der Waals surface area contributed by atoms with Crippen molar-refractivity contribution in [2.45, 2.75) is 25.3 Å². The van der Waals surface area contributed by atoms with Crippen LogP contribution in [0.1, 0.15) is 30.0 Å². The number of nitrogens with one attached hydrogen (secondary N) is 1. The normalized spacial score (nSPS) is 14.9. The highest BCUT2D eigenvalue weighted by atomic mass is 15.3. The molecule has 0 saturated heterocycles. The van der Waals surface area contributed by atoms with E-state index in [-0.39, 0.29) is 0 Å². The highest BCUT2D eigenvalue weighted by Gasteiger charge is 2.24. The molecule has 4 nitrogen and oxygen atoms in total. The summed E-state index contributed by atoms with van der Waals surface area (Å²) in [6.07, 6.45) is 8.39. The van der Waals surface area contributed by atoms with Gasteiger partial charge in [0.25, 0.3) is 0 Å². The maximum absolute atomic E-state index is 4.51. The summed E-state index contributed by atoms with van der Waals surface area (Å²) in [7, 11) is 1.90. The van der Waals surface area contributed by atoms with Crippen molar-refractivity contribution in [3.63, 3.8) is 0 Å². The third-order valence-electron chi connectivity index (χ3n) is 3.11. The molecule has 1 fully saturated rings. The maximum atomic E-state index is 4.51. The molecule has 2 aromatic rings. The van der Waals surface area contributed by atoms with Crippen LogP contribution in [0.3, 0.4) is 0 Å². The van der Waals surface area contributed by atoms with Gasteiger partial charge in [-0.05, 0) is 24.5 Å². The number of pyridine rings is 1. The van der Waals surface area contributed by atoms with Crippen LogP contribution in [0.2, 0.25) is 0 Å². The van der Waals surface area contributed by atoms with Crippen LogP contribution < -0.4 is 5.32 Å². The Morgan fingerprint density at radius 3 is 2.82 bits per heavy atom. The molecule has 2 aromatic heterocycles. The van der Waals surface area contributed by atoms with Gasteiger partial charge in [-0.15, -0.1) is 0 Å². The average Bonchev–Trinajstić information content (AvgIpc) is 3.11. The number of hydrogen-bond donors (Lipinski definition) is 1. The fourth-order valence-electron chi connectivity index (χ4n) is 1.92. The average molecular weight is 228 g/mol. The fourth-order valence-corrected chi connectivity index (χ4v) is 1.92. The van der Waals surface area contributed by atoms with Crippen LogP contribution in [-0.2, 0) is 6.54 Å². The zero-order valence-electron chi connectivity index (χ0n) is 9.93. The number of hydrogen-bond acceptors (Lipinski definition) is 3. The second-order valence-electron chi connectivity index (χ2n) is 4.54. The number of anilines is 1. The lowest BCUT2D eigenvalue weighted by molar-refractivity contribution is 0.684. The van der Waals surface area contributed by atoms with Gasteiger partial charge in [0.15, 0.2) is 0 Å². The van der Waals surface area contributed by atoms with E-state index in [0.717, 1.165) is 18.2 Å². The van der Waals surface area contributed by atoms with Crippen molar-refractivity contribution in [2.75, 3.05) is 12.4 Å². The number of nitrogens with zero attached hydrogens (tertiary/aromatic N) is 3. The van der Waals surface area contributed by atoms with E-state index in [0.29, 0.717) is 0 Å². The number of aromatic nitrogens is 3. The Bertz CT molecular complexity index is 496. The SMILES string of the molecule is CNc1cnn(Cc2ccc(C3CC3)nc2)c1. The first kappa shape index (κ1) is 10.3. The molecule has 0 spiro atoms. The molecule has 1 aliphatic rings. The zero-order chi connectivity index (χ0) is 11.7. The summed E-state index contributed by atoms with van der Waals surface area (Å²) in [5.41, 5.74) is 3.47. The van der Waals surface area contributed by atoms with Crippen molar-refractivity contribution in [3.8, 4) is 0 Å². The minimum absolute atomic E-state index is 0.727. The lowest BCUT2D eigenvalue weighted by Gasteiger charge is -2.03. The molecule has 1 saturated carbocycles. The molecule has 0 amide bonds. The van der Waals surface area contributed by atoms with Gasteiger partial charge in [-0.3, -0.25) is 9.67 Å². The van der Waals surface area contributed by atoms with E-state index in [2.05, 4.69) is 27.5 Å². The monoisotopic (exact) mass is 228 g/mol. The van der Waals surface area contributed by atoms with Crippen molar-refractivity contribution < 1.29 is 0 Å².